The standard InChI is InChI=1S/C18H22N4O3S/c23-16(12-14-13-26-18-19-5-2-8-22(14)18)20-6-3-7-21(10-9-20)17(24)15-4-1-11-25-15/h1,4,11,13H,2-3,5-10,12H2. The largest absolute Gasteiger partial charge is 0.459 e. The molecule has 26 heavy (non-hydrogen) atoms. The highest BCUT2D eigenvalue weighted by Gasteiger charge is 2.29. The molecule has 0 aliphatic carbocycles. The number of carbonyl (C=O) groups is 2. The summed E-state index contributed by atoms with van der Waals surface area (Å²) in [6, 6.07) is 3.39. The molecular formula is C18H22N4O3S. The van der Waals surface area contributed by atoms with Crippen LogP contribution in [0.25, 0.3) is 0 Å². The smallest absolute Gasteiger partial charge is 0.289 e. The molecule has 4 heterocycles. The van der Waals surface area contributed by atoms with Gasteiger partial charge in [0.05, 0.1) is 12.7 Å². The fourth-order valence-electron chi connectivity index (χ4n) is 3.47. The van der Waals surface area contributed by atoms with E-state index in [-0.39, 0.29) is 11.8 Å². The van der Waals surface area contributed by atoms with Gasteiger partial charge in [-0.3, -0.25) is 14.6 Å². The van der Waals surface area contributed by atoms with Crippen LogP contribution in [-0.2, 0) is 4.79 Å². The van der Waals surface area contributed by atoms with Crippen molar-refractivity contribution in [1.29, 1.82) is 0 Å². The van der Waals surface area contributed by atoms with E-state index in [1.807, 2.05) is 10.3 Å². The molecule has 0 aromatic carbocycles. The van der Waals surface area contributed by atoms with Gasteiger partial charge in [0.1, 0.15) is 0 Å². The molecule has 3 aliphatic heterocycles. The van der Waals surface area contributed by atoms with E-state index in [1.165, 1.54) is 6.26 Å². The molecule has 8 heteroatoms. The fourth-order valence-corrected chi connectivity index (χ4v) is 4.42. The Morgan fingerprint density at radius 1 is 1.12 bits per heavy atom. The highest BCUT2D eigenvalue weighted by molar-refractivity contribution is 8.16. The van der Waals surface area contributed by atoms with Crippen molar-refractivity contribution in [1.82, 2.24) is 14.7 Å². The van der Waals surface area contributed by atoms with Crippen LogP contribution >= 0.6 is 11.8 Å². The van der Waals surface area contributed by atoms with Crippen LogP contribution in [0.3, 0.4) is 0 Å². The quantitative estimate of drug-likeness (QED) is 0.809. The summed E-state index contributed by atoms with van der Waals surface area (Å²) in [5.74, 6) is 0.374. The van der Waals surface area contributed by atoms with Crippen molar-refractivity contribution >= 4 is 28.7 Å². The second kappa shape index (κ2) is 7.57. The van der Waals surface area contributed by atoms with E-state index in [1.54, 1.807) is 28.8 Å². The minimum Gasteiger partial charge on any atom is -0.459 e. The third-order valence-corrected chi connectivity index (χ3v) is 5.82. The average molecular weight is 374 g/mol. The summed E-state index contributed by atoms with van der Waals surface area (Å²) in [6.45, 7) is 4.24. The highest BCUT2D eigenvalue weighted by Crippen LogP contribution is 2.31. The lowest BCUT2D eigenvalue weighted by atomic mass is 10.2. The van der Waals surface area contributed by atoms with Gasteiger partial charge in [0.2, 0.25) is 5.91 Å². The molecule has 0 atom stereocenters. The first-order chi connectivity index (χ1) is 12.7. The van der Waals surface area contributed by atoms with Gasteiger partial charge in [-0.2, -0.15) is 0 Å². The molecule has 3 aliphatic rings. The van der Waals surface area contributed by atoms with Crippen LogP contribution in [0.2, 0.25) is 0 Å². The molecule has 7 nitrogen and oxygen atoms in total. The molecule has 0 bridgehead atoms. The normalized spacial score (nSPS) is 20.4. The topological polar surface area (TPSA) is 69.4 Å². The third-order valence-electron chi connectivity index (χ3n) is 4.86. The Hall–Kier alpha value is -2.22. The second-order valence-electron chi connectivity index (χ2n) is 6.58. The number of rotatable bonds is 3. The zero-order valence-corrected chi connectivity index (χ0v) is 15.4. The van der Waals surface area contributed by atoms with E-state index in [0.29, 0.717) is 38.4 Å². The van der Waals surface area contributed by atoms with Crippen LogP contribution in [0, 0.1) is 0 Å². The lowest BCUT2D eigenvalue weighted by Crippen LogP contribution is -2.38. The monoisotopic (exact) mass is 374 g/mol. The van der Waals surface area contributed by atoms with Gasteiger partial charge in [-0.15, -0.1) is 0 Å². The van der Waals surface area contributed by atoms with Crippen LogP contribution in [0.5, 0.6) is 0 Å². The van der Waals surface area contributed by atoms with Crippen LogP contribution in [0.15, 0.2) is 38.9 Å². The number of amides is 2. The number of nitrogens with zero attached hydrogens (tertiary/aromatic N) is 4. The molecule has 1 saturated heterocycles. The Kier molecular flexibility index (Phi) is 5.01. The molecule has 1 fully saturated rings. The van der Waals surface area contributed by atoms with Crippen molar-refractivity contribution < 1.29 is 14.0 Å². The second-order valence-corrected chi connectivity index (χ2v) is 7.41. The van der Waals surface area contributed by atoms with Gasteiger partial charge in [-0.25, -0.2) is 0 Å². The predicted octanol–water partition coefficient (Wildman–Crippen LogP) is 1.99. The molecule has 0 spiro atoms. The van der Waals surface area contributed by atoms with E-state index >= 15 is 0 Å². The van der Waals surface area contributed by atoms with E-state index < -0.39 is 0 Å². The molecular weight excluding hydrogens is 352 g/mol. The van der Waals surface area contributed by atoms with E-state index in [2.05, 4.69) is 9.89 Å². The fraction of sp³-hybridized carbons (Fsp3) is 0.500. The zero-order chi connectivity index (χ0) is 17.9. The summed E-state index contributed by atoms with van der Waals surface area (Å²) in [4.78, 5) is 35.5. The van der Waals surface area contributed by atoms with E-state index in [0.717, 1.165) is 36.8 Å². The first-order valence-corrected chi connectivity index (χ1v) is 9.88. The van der Waals surface area contributed by atoms with E-state index in [4.69, 9.17) is 4.42 Å². The number of amidine groups is 1. The number of hydrogen-bond acceptors (Lipinski definition) is 6. The summed E-state index contributed by atoms with van der Waals surface area (Å²) in [6.07, 6.45) is 3.72. The van der Waals surface area contributed by atoms with Gasteiger partial charge < -0.3 is 19.1 Å². The lowest BCUT2D eigenvalue weighted by Gasteiger charge is -2.27. The third kappa shape index (κ3) is 3.51. The minimum atomic E-state index is -0.103. The lowest BCUT2D eigenvalue weighted by molar-refractivity contribution is -0.130. The van der Waals surface area contributed by atoms with Crippen LogP contribution in [-0.4, -0.2) is 71.0 Å². The first kappa shape index (κ1) is 17.2. The Balaban J connectivity index is 1.34. The number of carbonyl (C=O) groups excluding carboxylic acids is 2. The van der Waals surface area contributed by atoms with Gasteiger partial charge in [0, 0.05) is 45.0 Å². The molecule has 138 valence electrons. The van der Waals surface area contributed by atoms with Crippen molar-refractivity contribution in [2.45, 2.75) is 19.3 Å². The van der Waals surface area contributed by atoms with Gasteiger partial charge in [-0.05, 0) is 30.4 Å². The zero-order valence-electron chi connectivity index (χ0n) is 14.6. The summed E-state index contributed by atoms with van der Waals surface area (Å²) in [5, 5.41) is 3.07. The Morgan fingerprint density at radius 2 is 1.96 bits per heavy atom. The average Bonchev–Trinajstić information content (AvgIpc) is 3.26. The molecule has 4 rings (SSSR count). The summed E-state index contributed by atoms with van der Waals surface area (Å²) in [7, 11) is 0. The first-order valence-electron chi connectivity index (χ1n) is 9.00. The van der Waals surface area contributed by atoms with Gasteiger partial charge in [-0.1, -0.05) is 11.8 Å². The van der Waals surface area contributed by atoms with Crippen molar-refractivity contribution in [2.24, 2.45) is 4.99 Å². The molecule has 0 saturated carbocycles. The molecule has 2 amide bonds. The molecule has 0 radical (unpaired) electrons. The number of furan rings is 1. The number of aliphatic imine (C=N–C) groups is 1. The van der Waals surface area contributed by atoms with Crippen molar-refractivity contribution in [2.75, 3.05) is 39.3 Å². The summed E-state index contributed by atoms with van der Waals surface area (Å²) < 4.78 is 5.20. The Morgan fingerprint density at radius 3 is 2.81 bits per heavy atom. The van der Waals surface area contributed by atoms with Crippen molar-refractivity contribution in [3.8, 4) is 0 Å². The van der Waals surface area contributed by atoms with Gasteiger partial charge >= 0.3 is 0 Å². The van der Waals surface area contributed by atoms with Gasteiger partial charge in [0.15, 0.2) is 10.9 Å². The number of hydrogen-bond donors (Lipinski definition) is 0. The van der Waals surface area contributed by atoms with Crippen LogP contribution in [0.4, 0.5) is 0 Å². The predicted molar refractivity (Wildman–Crippen MR) is 99.7 cm³/mol. The van der Waals surface area contributed by atoms with Crippen LogP contribution < -0.4 is 0 Å². The van der Waals surface area contributed by atoms with Gasteiger partial charge in [0.25, 0.3) is 5.91 Å². The molecule has 1 aromatic rings. The van der Waals surface area contributed by atoms with Crippen LogP contribution in [0.1, 0.15) is 29.8 Å². The Labute approximate surface area is 156 Å². The van der Waals surface area contributed by atoms with E-state index in [9.17, 15) is 9.59 Å². The summed E-state index contributed by atoms with van der Waals surface area (Å²) in [5.41, 5.74) is 1.05. The maximum Gasteiger partial charge on any atom is 0.289 e. The molecule has 0 N–H and O–H groups in total. The molecule has 0 unspecified atom stereocenters. The number of thioether (sulfide) groups is 1. The Bertz CT molecular complexity index is 744. The van der Waals surface area contributed by atoms with Crippen molar-refractivity contribution in [3.05, 3.63) is 35.3 Å². The summed E-state index contributed by atoms with van der Waals surface area (Å²) >= 11 is 1.61. The SMILES string of the molecule is O=C(CC1=CSC2=NCCCN12)N1CCCN(C(=O)c2ccco2)CC1. The maximum absolute atomic E-state index is 12.8. The maximum atomic E-state index is 12.8. The highest BCUT2D eigenvalue weighted by atomic mass is 32.2. The van der Waals surface area contributed by atoms with Crippen molar-refractivity contribution in [3.63, 3.8) is 0 Å². The minimum absolute atomic E-state index is 0.103. The molecule has 1 aromatic heterocycles. The number of fused-ring (bicyclic) bond motifs is 1.